The van der Waals surface area contributed by atoms with Crippen molar-refractivity contribution in [3.8, 4) is 5.69 Å². The lowest BCUT2D eigenvalue weighted by atomic mass is 10.1. The molecule has 0 aromatic carbocycles. The summed E-state index contributed by atoms with van der Waals surface area (Å²) in [5.74, 6) is -3.17. The zero-order valence-corrected chi connectivity index (χ0v) is 18.0. The summed E-state index contributed by atoms with van der Waals surface area (Å²) in [5, 5.41) is 3.61. The molecule has 3 aromatic heterocycles. The fourth-order valence-corrected chi connectivity index (χ4v) is 3.65. The van der Waals surface area contributed by atoms with Gasteiger partial charge in [-0.3, -0.25) is 19.1 Å². The number of fused-ring (bicyclic) bond motifs is 1. The lowest BCUT2D eigenvalue weighted by molar-refractivity contribution is -0.119. The predicted molar refractivity (Wildman–Crippen MR) is 117 cm³/mol. The van der Waals surface area contributed by atoms with Crippen molar-refractivity contribution in [1.29, 1.82) is 0 Å². The number of hydrogen-bond acceptors (Lipinski definition) is 4. The number of alkyl halides is 2. The molecule has 2 amide bonds. The van der Waals surface area contributed by atoms with Crippen LogP contribution in [0.2, 0.25) is 0 Å². The zero-order valence-electron chi connectivity index (χ0n) is 18.0. The van der Waals surface area contributed by atoms with Crippen LogP contribution in [0.25, 0.3) is 16.7 Å². The van der Waals surface area contributed by atoms with Crippen molar-refractivity contribution in [2.24, 2.45) is 5.92 Å². The quantitative estimate of drug-likeness (QED) is 0.641. The van der Waals surface area contributed by atoms with Gasteiger partial charge >= 0.3 is 0 Å². The second-order valence-corrected chi connectivity index (χ2v) is 8.20. The van der Waals surface area contributed by atoms with E-state index in [1.54, 1.807) is 24.5 Å². The van der Waals surface area contributed by atoms with E-state index >= 15 is 0 Å². The van der Waals surface area contributed by atoms with Gasteiger partial charge in [0.2, 0.25) is 5.91 Å². The van der Waals surface area contributed by atoms with Gasteiger partial charge in [-0.05, 0) is 24.6 Å². The van der Waals surface area contributed by atoms with Crippen LogP contribution in [0.5, 0.6) is 0 Å². The molecule has 0 spiro atoms. The van der Waals surface area contributed by atoms with Crippen molar-refractivity contribution >= 4 is 28.5 Å². The van der Waals surface area contributed by atoms with Gasteiger partial charge in [-0.2, -0.15) is 0 Å². The molecule has 7 nitrogen and oxygen atoms in total. The van der Waals surface area contributed by atoms with Gasteiger partial charge in [0.1, 0.15) is 5.65 Å². The smallest absolute Gasteiger partial charge is 0.255 e. The molecule has 1 N–H and O–H groups in total. The Balaban J connectivity index is 1.55. The maximum Gasteiger partial charge on any atom is 0.255 e. The number of hydrogen-bond donors (Lipinski definition) is 1. The Bertz CT molecular complexity index is 1150. The highest BCUT2D eigenvalue weighted by atomic mass is 19.3. The summed E-state index contributed by atoms with van der Waals surface area (Å²) in [7, 11) is 0. The van der Waals surface area contributed by atoms with E-state index in [-0.39, 0.29) is 43.7 Å². The highest BCUT2D eigenvalue weighted by Crippen LogP contribution is 2.29. The minimum Gasteiger partial charge on any atom is -0.338 e. The van der Waals surface area contributed by atoms with Gasteiger partial charge in [-0.1, -0.05) is 13.8 Å². The number of rotatable bonds is 5. The highest BCUT2D eigenvalue weighted by Gasteiger charge is 2.35. The number of amides is 2. The molecule has 0 saturated carbocycles. The maximum absolute atomic E-state index is 13.4. The van der Waals surface area contributed by atoms with Crippen LogP contribution in [-0.2, 0) is 4.79 Å². The number of carbonyl (C=O) groups excluding carboxylic acids is 2. The van der Waals surface area contributed by atoms with Gasteiger partial charge in [-0.15, -0.1) is 0 Å². The zero-order chi connectivity index (χ0) is 22.9. The van der Waals surface area contributed by atoms with E-state index in [1.807, 2.05) is 30.7 Å². The van der Waals surface area contributed by atoms with Crippen LogP contribution in [-0.4, -0.2) is 50.3 Å². The summed E-state index contributed by atoms with van der Waals surface area (Å²) in [6, 6.07) is 5.35. The molecule has 9 heteroatoms. The molecule has 32 heavy (non-hydrogen) atoms. The molecular weight excluding hydrogens is 416 g/mol. The average Bonchev–Trinajstić information content (AvgIpc) is 3.21. The first-order valence-corrected chi connectivity index (χ1v) is 10.7. The number of pyridine rings is 2. The number of anilines is 1. The van der Waals surface area contributed by atoms with Gasteiger partial charge in [0, 0.05) is 49.6 Å². The molecule has 1 fully saturated rings. The Hall–Kier alpha value is -3.36. The van der Waals surface area contributed by atoms with Crippen molar-refractivity contribution in [2.75, 3.05) is 18.4 Å². The number of nitrogens with one attached hydrogen (secondary N) is 1. The van der Waals surface area contributed by atoms with E-state index in [1.165, 1.54) is 11.1 Å². The molecule has 1 aliphatic heterocycles. The summed E-state index contributed by atoms with van der Waals surface area (Å²) >= 11 is 0. The third-order valence-electron chi connectivity index (χ3n) is 5.89. The van der Waals surface area contributed by atoms with E-state index in [2.05, 4.69) is 15.3 Å². The first kappa shape index (κ1) is 21.9. The van der Waals surface area contributed by atoms with E-state index in [4.69, 9.17) is 0 Å². The monoisotopic (exact) mass is 441 g/mol. The number of halogens is 2. The molecule has 4 rings (SSSR count). The van der Waals surface area contributed by atoms with E-state index in [0.717, 1.165) is 11.8 Å². The van der Waals surface area contributed by atoms with E-state index in [0.29, 0.717) is 22.6 Å². The summed E-state index contributed by atoms with van der Waals surface area (Å²) in [5.41, 5.74) is 2.29. The molecule has 1 unspecified atom stereocenters. The molecule has 0 bridgehead atoms. The topological polar surface area (TPSA) is 80.1 Å². The Labute approximate surface area is 184 Å². The molecule has 168 valence electrons. The Morgan fingerprint density at radius 1 is 1.19 bits per heavy atom. The van der Waals surface area contributed by atoms with Crippen LogP contribution in [0.3, 0.4) is 0 Å². The lowest BCUT2D eigenvalue weighted by Gasteiger charge is -2.31. The average molecular weight is 441 g/mol. The number of likely N-dealkylation sites (tertiary alicyclic amines) is 1. The number of piperidine rings is 1. The standard InChI is InChI=1S/C23H25F2N5O2/c1-3-15(2)21(31)28-18-11-19(14-26-13-18)30-7-4-16-10-17(12-27-20(16)30)22(32)29-8-5-23(24,25)6-9-29/h4,7,10-15H,3,5-6,8-9H2,1-2H3,(H,28,31). The van der Waals surface area contributed by atoms with Crippen molar-refractivity contribution in [3.05, 3.63) is 48.5 Å². The van der Waals surface area contributed by atoms with E-state index < -0.39 is 5.92 Å². The van der Waals surface area contributed by atoms with Crippen molar-refractivity contribution < 1.29 is 18.4 Å². The van der Waals surface area contributed by atoms with Crippen molar-refractivity contribution in [2.45, 2.75) is 39.0 Å². The molecule has 4 heterocycles. The summed E-state index contributed by atoms with van der Waals surface area (Å²) in [4.78, 5) is 35.0. The highest BCUT2D eigenvalue weighted by molar-refractivity contribution is 5.97. The molecule has 0 aliphatic carbocycles. The minimum atomic E-state index is -2.70. The summed E-state index contributed by atoms with van der Waals surface area (Å²) in [6.07, 6.45) is 6.63. The minimum absolute atomic E-state index is 0.0334. The van der Waals surface area contributed by atoms with Gasteiger partial charge in [-0.25, -0.2) is 13.8 Å². The predicted octanol–water partition coefficient (Wildman–Crippen LogP) is 4.28. The molecular formula is C23H25F2N5O2. The fourth-order valence-electron chi connectivity index (χ4n) is 3.65. The third kappa shape index (κ3) is 4.46. The van der Waals surface area contributed by atoms with Crippen LogP contribution < -0.4 is 5.32 Å². The fraction of sp³-hybridized carbons (Fsp3) is 0.391. The summed E-state index contributed by atoms with van der Waals surface area (Å²) < 4.78 is 28.6. The number of nitrogens with zero attached hydrogens (tertiary/aromatic N) is 4. The van der Waals surface area contributed by atoms with Gasteiger partial charge < -0.3 is 10.2 Å². The van der Waals surface area contributed by atoms with Crippen LogP contribution in [0.15, 0.2) is 43.0 Å². The first-order chi connectivity index (χ1) is 15.3. The van der Waals surface area contributed by atoms with Gasteiger partial charge in [0.05, 0.1) is 29.3 Å². The lowest BCUT2D eigenvalue weighted by Crippen LogP contribution is -2.42. The molecule has 0 radical (unpaired) electrons. The molecule has 1 aliphatic rings. The Morgan fingerprint density at radius 3 is 2.66 bits per heavy atom. The third-order valence-corrected chi connectivity index (χ3v) is 5.89. The second-order valence-electron chi connectivity index (χ2n) is 8.20. The first-order valence-electron chi connectivity index (χ1n) is 10.7. The molecule has 1 atom stereocenters. The van der Waals surface area contributed by atoms with E-state index in [9.17, 15) is 18.4 Å². The maximum atomic E-state index is 13.4. The van der Waals surface area contributed by atoms with Crippen molar-refractivity contribution in [1.82, 2.24) is 19.4 Å². The number of aromatic nitrogens is 3. The van der Waals surface area contributed by atoms with Crippen LogP contribution in [0.1, 0.15) is 43.5 Å². The normalized spacial score (nSPS) is 16.7. The molecule has 1 saturated heterocycles. The largest absolute Gasteiger partial charge is 0.338 e. The molecule has 3 aromatic rings. The number of carbonyl (C=O) groups is 2. The summed E-state index contributed by atoms with van der Waals surface area (Å²) in [6.45, 7) is 3.89. The van der Waals surface area contributed by atoms with Gasteiger partial charge in [0.25, 0.3) is 11.8 Å². The Morgan fingerprint density at radius 2 is 1.94 bits per heavy atom. The SMILES string of the molecule is CCC(C)C(=O)Nc1cncc(-n2ccc3cc(C(=O)N4CCC(F)(F)CC4)cnc32)c1. The van der Waals surface area contributed by atoms with Crippen LogP contribution in [0.4, 0.5) is 14.5 Å². The van der Waals surface area contributed by atoms with Crippen LogP contribution in [0, 0.1) is 5.92 Å². The van der Waals surface area contributed by atoms with Gasteiger partial charge in [0.15, 0.2) is 0 Å². The second kappa shape index (κ2) is 8.64. The Kier molecular flexibility index (Phi) is 5.90. The van der Waals surface area contributed by atoms with Crippen molar-refractivity contribution in [3.63, 3.8) is 0 Å². The van der Waals surface area contributed by atoms with Crippen LogP contribution >= 0.6 is 0 Å².